The largest absolute Gasteiger partial charge is 0.306 e. The summed E-state index contributed by atoms with van der Waals surface area (Å²) >= 11 is 5.92. The molecule has 22 heavy (non-hydrogen) atoms. The van der Waals surface area contributed by atoms with Crippen LogP contribution in [0, 0.1) is 11.6 Å². The molecule has 0 N–H and O–H groups in total. The van der Waals surface area contributed by atoms with Gasteiger partial charge in [0.05, 0.1) is 17.6 Å². The Morgan fingerprint density at radius 1 is 1.14 bits per heavy atom. The molecule has 0 amide bonds. The van der Waals surface area contributed by atoms with Crippen LogP contribution in [0.3, 0.4) is 0 Å². The van der Waals surface area contributed by atoms with E-state index < -0.39 is 23.0 Å². The second kappa shape index (κ2) is 5.69. The highest BCUT2D eigenvalue weighted by molar-refractivity contribution is 6.31. The van der Waals surface area contributed by atoms with Crippen molar-refractivity contribution in [3.8, 4) is 5.69 Å². The van der Waals surface area contributed by atoms with Crippen LogP contribution in [0.1, 0.15) is 15.9 Å². The Hall–Kier alpha value is -2.53. The average Bonchev–Trinajstić information content (AvgIpc) is 3.01. The minimum absolute atomic E-state index is 0.0921. The molecule has 1 heterocycles. The zero-order valence-electron chi connectivity index (χ0n) is 11.1. The van der Waals surface area contributed by atoms with Crippen molar-refractivity contribution in [2.75, 3.05) is 0 Å². The highest BCUT2D eigenvalue weighted by Gasteiger charge is 2.22. The maximum absolute atomic E-state index is 13.8. The fraction of sp³-hybridized carbons (Fsp3) is 0. The number of hydrogen-bond donors (Lipinski definition) is 0. The molecule has 2 aromatic carbocycles. The van der Waals surface area contributed by atoms with Gasteiger partial charge in [-0.25, -0.2) is 13.8 Å². The Balaban J connectivity index is 2.20. The summed E-state index contributed by atoms with van der Waals surface area (Å²) in [7, 11) is 0. The number of nitrogens with zero attached hydrogens (tertiary/aromatic N) is 2. The SMILES string of the molecule is O=C(c1cc(Cl)ccc1-n1ccnc1)c1c(F)cccc1F. The molecule has 0 unspecified atom stereocenters. The van der Waals surface area contributed by atoms with Crippen LogP contribution < -0.4 is 0 Å². The van der Waals surface area contributed by atoms with Crippen LogP contribution in [0.25, 0.3) is 5.69 Å². The third-order valence-electron chi connectivity index (χ3n) is 3.18. The lowest BCUT2D eigenvalue weighted by Crippen LogP contribution is -2.11. The summed E-state index contributed by atoms with van der Waals surface area (Å²) < 4.78 is 29.3. The van der Waals surface area contributed by atoms with Gasteiger partial charge in [-0.1, -0.05) is 17.7 Å². The van der Waals surface area contributed by atoms with Crippen LogP contribution in [-0.2, 0) is 0 Å². The summed E-state index contributed by atoms with van der Waals surface area (Å²) in [6.45, 7) is 0. The van der Waals surface area contributed by atoms with Gasteiger partial charge in [0.1, 0.15) is 11.6 Å². The zero-order chi connectivity index (χ0) is 15.7. The molecule has 3 rings (SSSR count). The molecule has 3 nitrogen and oxygen atoms in total. The van der Waals surface area contributed by atoms with E-state index in [0.29, 0.717) is 10.7 Å². The van der Waals surface area contributed by atoms with Gasteiger partial charge in [-0.15, -0.1) is 0 Å². The predicted molar refractivity (Wildman–Crippen MR) is 78.4 cm³/mol. The van der Waals surface area contributed by atoms with Gasteiger partial charge < -0.3 is 4.57 Å². The minimum atomic E-state index is -0.915. The summed E-state index contributed by atoms with van der Waals surface area (Å²) in [5, 5.41) is 0.295. The first-order valence-electron chi connectivity index (χ1n) is 6.34. The van der Waals surface area contributed by atoms with E-state index in [2.05, 4.69) is 4.98 Å². The van der Waals surface area contributed by atoms with Crippen LogP contribution in [0.4, 0.5) is 8.78 Å². The number of imidazole rings is 1. The van der Waals surface area contributed by atoms with Crippen LogP contribution in [-0.4, -0.2) is 15.3 Å². The van der Waals surface area contributed by atoms with Gasteiger partial charge in [0.15, 0.2) is 0 Å². The minimum Gasteiger partial charge on any atom is -0.306 e. The molecule has 0 saturated carbocycles. The van der Waals surface area contributed by atoms with Crippen LogP contribution in [0.15, 0.2) is 55.1 Å². The molecular weight excluding hydrogens is 310 g/mol. The van der Waals surface area contributed by atoms with E-state index >= 15 is 0 Å². The van der Waals surface area contributed by atoms with Crippen molar-refractivity contribution < 1.29 is 13.6 Å². The van der Waals surface area contributed by atoms with Gasteiger partial charge in [0.2, 0.25) is 5.78 Å². The number of ketones is 1. The first-order chi connectivity index (χ1) is 10.6. The molecular formula is C16H9ClF2N2O. The number of aromatic nitrogens is 2. The van der Waals surface area contributed by atoms with E-state index in [1.54, 1.807) is 22.9 Å². The van der Waals surface area contributed by atoms with Crippen molar-refractivity contribution in [1.82, 2.24) is 9.55 Å². The third kappa shape index (κ3) is 2.51. The highest BCUT2D eigenvalue weighted by Crippen LogP contribution is 2.25. The van der Waals surface area contributed by atoms with Gasteiger partial charge >= 0.3 is 0 Å². The molecule has 6 heteroatoms. The Morgan fingerprint density at radius 2 is 1.86 bits per heavy atom. The second-order valence-electron chi connectivity index (χ2n) is 4.56. The molecule has 1 aromatic heterocycles. The number of carbonyl (C=O) groups is 1. The van der Waals surface area contributed by atoms with Gasteiger partial charge in [0.25, 0.3) is 0 Å². The molecule has 0 fully saturated rings. The smallest absolute Gasteiger partial charge is 0.201 e. The van der Waals surface area contributed by atoms with Gasteiger partial charge in [-0.2, -0.15) is 0 Å². The molecule has 110 valence electrons. The maximum Gasteiger partial charge on any atom is 0.201 e. The molecule has 0 aliphatic rings. The number of hydrogen-bond acceptors (Lipinski definition) is 2. The first-order valence-corrected chi connectivity index (χ1v) is 6.72. The van der Waals surface area contributed by atoms with Crippen LogP contribution in [0.2, 0.25) is 5.02 Å². The molecule has 0 aliphatic heterocycles. The monoisotopic (exact) mass is 318 g/mol. The zero-order valence-corrected chi connectivity index (χ0v) is 11.9. The van der Waals surface area contributed by atoms with Crippen molar-refractivity contribution in [1.29, 1.82) is 0 Å². The molecule has 0 spiro atoms. The lowest BCUT2D eigenvalue weighted by molar-refractivity contribution is 0.103. The van der Waals surface area contributed by atoms with Crippen molar-refractivity contribution in [3.63, 3.8) is 0 Å². The first kappa shape index (κ1) is 14.4. The number of rotatable bonds is 3. The second-order valence-corrected chi connectivity index (χ2v) is 4.99. The quantitative estimate of drug-likeness (QED) is 0.683. The number of halogens is 3. The third-order valence-corrected chi connectivity index (χ3v) is 3.41. The van der Waals surface area contributed by atoms with E-state index in [1.165, 1.54) is 24.7 Å². The van der Waals surface area contributed by atoms with Crippen molar-refractivity contribution in [2.45, 2.75) is 0 Å². The normalized spacial score (nSPS) is 10.7. The fourth-order valence-corrected chi connectivity index (χ4v) is 2.34. The molecule has 0 aliphatic carbocycles. The van der Waals surface area contributed by atoms with Crippen molar-refractivity contribution in [2.24, 2.45) is 0 Å². The highest BCUT2D eigenvalue weighted by atomic mass is 35.5. The molecule has 0 atom stereocenters. The topological polar surface area (TPSA) is 34.9 Å². The maximum atomic E-state index is 13.8. The van der Waals surface area contributed by atoms with E-state index in [9.17, 15) is 13.6 Å². The fourth-order valence-electron chi connectivity index (χ4n) is 2.17. The Bertz CT molecular complexity index is 827. The Kier molecular flexibility index (Phi) is 3.73. The van der Waals surface area contributed by atoms with E-state index in [4.69, 9.17) is 11.6 Å². The van der Waals surface area contributed by atoms with E-state index in [-0.39, 0.29) is 5.56 Å². The van der Waals surface area contributed by atoms with Crippen LogP contribution in [0.5, 0.6) is 0 Å². The molecule has 0 saturated heterocycles. The standard InChI is InChI=1S/C16H9ClF2N2O/c17-10-4-5-14(21-7-6-20-9-21)11(8-10)16(22)15-12(18)2-1-3-13(15)19/h1-9H. The average molecular weight is 319 g/mol. The number of carbonyl (C=O) groups excluding carboxylic acids is 1. The Labute approximate surface area is 129 Å². The van der Waals surface area contributed by atoms with Crippen molar-refractivity contribution in [3.05, 3.63) is 82.9 Å². The summed E-state index contributed by atoms with van der Waals surface area (Å²) in [6, 6.07) is 7.85. The summed E-state index contributed by atoms with van der Waals surface area (Å²) in [5.74, 6) is -2.61. The van der Waals surface area contributed by atoms with Crippen molar-refractivity contribution >= 4 is 17.4 Å². The lowest BCUT2D eigenvalue weighted by Gasteiger charge is -2.11. The summed E-state index contributed by atoms with van der Waals surface area (Å²) in [4.78, 5) is 16.5. The summed E-state index contributed by atoms with van der Waals surface area (Å²) in [6.07, 6.45) is 4.64. The predicted octanol–water partition coefficient (Wildman–Crippen LogP) is 4.03. The van der Waals surface area contributed by atoms with E-state index in [1.807, 2.05) is 0 Å². The van der Waals surface area contributed by atoms with Crippen LogP contribution >= 0.6 is 11.6 Å². The number of benzene rings is 2. The lowest BCUT2D eigenvalue weighted by atomic mass is 10.0. The molecule has 0 bridgehead atoms. The van der Waals surface area contributed by atoms with Gasteiger partial charge in [-0.3, -0.25) is 4.79 Å². The summed E-state index contributed by atoms with van der Waals surface area (Å²) in [5.41, 5.74) is -0.0739. The van der Waals surface area contributed by atoms with E-state index in [0.717, 1.165) is 12.1 Å². The van der Waals surface area contributed by atoms with Gasteiger partial charge in [0, 0.05) is 23.0 Å². The Morgan fingerprint density at radius 3 is 2.50 bits per heavy atom. The molecule has 0 radical (unpaired) electrons. The van der Waals surface area contributed by atoms with Gasteiger partial charge in [-0.05, 0) is 30.3 Å². The molecule has 3 aromatic rings.